The zero-order chi connectivity index (χ0) is 27.7. The molecule has 4 aromatic rings. The first-order chi connectivity index (χ1) is 18.8. The molecule has 1 fully saturated rings. The third kappa shape index (κ3) is 5.11. The highest BCUT2D eigenvalue weighted by Gasteiger charge is 2.48. The molecule has 1 unspecified atom stereocenters. The second-order valence-corrected chi connectivity index (χ2v) is 10.4. The molecule has 1 amide bonds. The molecule has 7 nitrogen and oxygen atoms in total. The number of hydrogen-bond acceptors (Lipinski definition) is 7. The van der Waals surface area contributed by atoms with E-state index in [0.29, 0.717) is 49.9 Å². The number of anilines is 1. The van der Waals surface area contributed by atoms with E-state index in [0.717, 1.165) is 4.70 Å². The molecule has 10 heteroatoms. The van der Waals surface area contributed by atoms with Gasteiger partial charge in [-0.25, -0.2) is 4.98 Å². The third-order valence-electron chi connectivity index (χ3n) is 6.05. The van der Waals surface area contributed by atoms with Gasteiger partial charge >= 0.3 is 5.91 Å². The zero-order valence-electron chi connectivity index (χ0n) is 20.7. The van der Waals surface area contributed by atoms with Crippen molar-refractivity contribution in [2.24, 2.45) is 0 Å². The lowest BCUT2D eigenvalue weighted by Crippen LogP contribution is -2.29. The standard InChI is InChI=1S/C29H22Cl2N2O5S/c1-3-13-38-21-12-7-17(14-22(21)37-4-2)25-24(26(34)16-5-8-18(30)9-6-16)27(35)28(36)33(25)29-32-20-11-10-19(31)15-23(20)39-29/h3,5-12,14-15,25,34H,1,4,13H2,2H3. The number of aliphatic hydroxyl groups excluding tert-OH is 1. The molecular weight excluding hydrogens is 559 g/mol. The SMILES string of the molecule is C=CCOc1ccc(C2C(=C(O)c3ccc(Cl)cc3)C(=O)C(=O)N2c2nc3ccc(Cl)cc3s2)cc1OCC. The number of ether oxygens (including phenoxy) is 2. The van der Waals surface area contributed by atoms with E-state index in [4.69, 9.17) is 32.7 Å². The highest BCUT2D eigenvalue weighted by Crippen LogP contribution is 2.46. The van der Waals surface area contributed by atoms with Gasteiger partial charge in [-0.15, -0.1) is 0 Å². The Kier molecular flexibility index (Phi) is 7.61. The molecule has 1 aliphatic heterocycles. The maximum absolute atomic E-state index is 13.5. The van der Waals surface area contributed by atoms with Gasteiger partial charge in [0.1, 0.15) is 12.4 Å². The molecule has 0 bridgehead atoms. The fraction of sp³-hybridized carbons (Fsp3) is 0.138. The van der Waals surface area contributed by atoms with Crippen molar-refractivity contribution in [3.05, 3.63) is 100 Å². The van der Waals surface area contributed by atoms with Crippen molar-refractivity contribution < 1.29 is 24.2 Å². The Balaban J connectivity index is 1.72. The Bertz CT molecular complexity index is 1630. The number of Topliss-reactive ketones (excluding diaryl/α,β-unsaturated/α-hetero) is 1. The van der Waals surface area contributed by atoms with Crippen molar-refractivity contribution in [1.82, 2.24) is 4.98 Å². The Morgan fingerprint density at radius 1 is 1.05 bits per heavy atom. The number of thiazole rings is 1. The number of fused-ring (bicyclic) bond motifs is 1. The van der Waals surface area contributed by atoms with Gasteiger partial charge in [0, 0.05) is 15.6 Å². The fourth-order valence-electron chi connectivity index (χ4n) is 4.33. The second-order valence-electron chi connectivity index (χ2n) is 8.52. The highest BCUT2D eigenvalue weighted by molar-refractivity contribution is 7.22. The van der Waals surface area contributed by atoms with E-state index in [2.05, 4.69) is 11.6 Å². The molecular formula is C29H22Cl2N2O5S. The molecule has 0 spiro atoms. The molecule has 1 saturated heterocycles. The van der Waals surface area contributed by atoms with Crippen LogP contribution in [0, 0.1) is 0 Å². The van der Waals surface area contributed by atoms with E-state index in [1.54, 1.807) is 66.7 Å². The van der Waals surface area contributed by atoms with E-state index in [1.165, 1.54) is 16.2 Å². The van der Waals surface area contributed by atoms with E-state index < -0.39 is 17.7 Å². The largest absolute Gasteiger partial charge is 0.507 e. The first-order valence-corrected chi connectivity index (χ1v) is 13.5. The van der Waals surface area contributed by atoms with Gasteiger partial charge < -0.3 is 14.6 Å². The number of aromatic nitrogens is 1. The van der Waals surface area contributed by atoms with Crippen LogP contribution < -0.4 is 14.4 Å². The first kappa shape index (κ1) is 26.7. The summed E-state index contributed by atoms with van der Waals surface area (Å²) >= 11 is 13.4. The Labute approximate surface area is 238 Å². The van der Waals surface area contributed by atoms with Gasteiger partial charge in [-0.1, -0.05) is 53.3 Å². The lowest BCUT2D eigenvalue weighted by molar-refractivity contribution is -0.132. The maximum Gasteiger partial charge on any atom is 0.301 e. The van der Waals surface area contributed by atoms with Crippen LogP contribution in [0.4, 0.5) is 5.13 Å². The number of amides is 1. The summed E-state index contributed by atoms with van der Waals surface area (Å²) in [5.74, 6) is -1.08. The van der Waals surface area contributed by atoms with Crippen LogP contribution in [0.2, 0.25) is 10.0 Å². The van der Waals surface area contributed by atoms with Crippen molar-refractivity contribution >= 4 is 67.3 Å². The quantitative estimate of drug-likeness (QED) is 0.103. The number of hydrogen-bond donors (Lipinski definition) is 1. The van der Waals surface area contributed by atoms with Crippen LogP contribution in [0.15, 0.2) is 78.9 Å². The highest BCUT2D eigenvalue weighted by atomic mass is 35.5. The molecule has 39 heavy (non-hydrogen) atoms. The Morgan fingerprint density at radius 3 is 2.51 bits per heavy atom. The van der Waals surface area contributed by atoms with Crippen molar-refractivity contribution in [3.8, 4) is 11.5 Å². The van der Waals surface area contributed by atoms with Gasteiger partial charge in [-0.2, -0.15) is 0 Å². The van der Waals surface area contributed by atoms with Crippen molar-refractivity contribution in [2.75, 3.05) is 18.1 Å². The van der Waals surface area contributed by atoms with Crippen LogP contribution in [0.5, 0.6) is 11.5 Å². The maximum atomic E-state index is 13.5. The number of benzene rings is 3. The average molecular weight is 581 g/mol. The van der Waals surface area contributed by atoms with Gasteiger partial charge in [0.25, 0.3) is 5.78 Å². The zero-order valence-corrected chi connectivity index (χ0v) is 23.0. The predicted octanol–water partition coefficient (Wildman–Crippen LogP) is 7.19. The minimum atomic E-state index is -0.996. The van der Waals surface area contributed by atoms with Gasteiger partial charge in [0.15, 0.2) is 16.6 Å². The van der Waals surface area contributed by atoms with Crippen LogP contribution in [-0.2, 0) is 9.59 Å². The Morgan fingerprint density at radius 2 is 1.79 bits per heavy atom. The van der Waals surface area contributed by atoms with Gasteiger partial charge in [0.2, 0.25) is 0 Å². The molecule has 3 aromatic carbocycles. The smallest absolute Gasteiger partial charge is 0.301 e. The van der Waals surface area contributed by atoms with E-state index in [-0.39, 0.29) is 17.9 Å². The molecule has 0 radical (unpaired) electrons. The van der Waals surface area contributed by atoms with E-state index in [1.807, 2.05) is 6.92 Å². The lowest BCUT2D eigenvalue weighted by Gasteiger charge is -2.24. The summed E-state index contributed by atoms with van der Waals surface area (Å²) in [5, 5.41) is 12.6. The van der Waals surface area contributed by atoms with Crippen molar-refractivity contribution in [1.29, 1.82) is 0 Å². The lowest BCUT2D eigenvalue weighted by atomic mass is 9.95. The summed E-state index contributed by atoms with van der Waals surface area (Å²) < 4.78 is 12.3. The summed E-state index contributed by atoms with van der Waals surface area (Å²) in [6.07, 6.45) is 1.62. The van der Waals surface area contributed by atoms with Gasteiger partial charge in [0.05, 0.1) is 28.4 Å². The van der Waals surface area contributed by atoms with Gasteiger partial charge in [-0.3, -0.25) is 14.5 Å². The van der Waals surface area contributed by atoms with Crippen LogP contribution in [-0.4, -0.2) is 35.0 Å². The monoisotopic (exact) mass is 580 g/mol. The number of ketones is 1. The number of carbonyl (C=O) groups excluding carboxylic acids is 2. The molecule has 1 N–H and O–H groups in total. The third-order valence-corrected chi connectivity index (χ3v) is 7.55. The molecule has 2 heterocycles. The van der Waals surface area contributed by atoms with Crippen LogP contribution >= 0.6 is 34.5 Å². The number of nitrogens with zero attached hydrogens (tertiary/aromatic N) is 2. The number of aliphatic hydroxyl groups is 1. The molecule has 0 aliphatic carbocycles. The van der Waals surface area contributed by atoms with Crippen LogP contribution in [0.3, 0.4) is 0 Å². The second kappa shape index (κ2) is 11.1. The number of carbonyl (C=O) groups is 2. The normalized spacial score (nSPS) is 16.6. The summed E-state index contributed by atoms with van der Waals surface area (Å²) in [6.45, 7) is 6.14. The summed E-state index contributed by atoms with van der Waals surface area (Å²) in [4.78, 5) is 33.0. The molecule has 0 saturated carbocycles. The van der Waals surface area contributed by atoms with Crippen molar-refractivity contribution in [3.63, 3.8) is 0 Å². The van der Waals surface area contributed by atoms with Crippen LogP contribution in [0.1, 0.15) is 24.1 Å². The number of rotatable bonds is 8. The summed E-state index contributed by atoms with van der Waals surface area (Å²) in [5.41, 5.74) is 1.41. The Hall–Kier alpha value is -3.85. The minimum absolute atomic E-state index is 0.0816. The number of halogens is 2. The van der Waals surface area contributed by atoms with Crippen LogP contribution in [0.25, 0.3) is 16.0 Å². The molecule has 198 valence electrons. The predicted molar refractivity (Wildman–Crippen MR) is 154 cm³/mol. The molecule has 5 rings (SSSR count). The molecule has 1 atom stereocenters. The van der Waals surface area contributed by atoms with Gasteiger partial charge in [-0.05, 0) is 67.1 Å². The summed E-state index contributed by atoms with van der Waals surface area (Å²) in [6, 6.07) is 15.7. The first-order valence-electron chi connectivity index (χ1n) is 12.0. The summed E-state index contributed by atoms with van der Waals surface area (Å²) in [7, 11) is 0. The van der Waals surface area contributed by atoms with E-state index >= 15 is 0 Å². The molecule has 1 aliphatic rings. The average Bonchev–Trinajstić information content (AvgIpc) is 3.45. The topological polar surface area (TPSA) is 89.0 Å². The van der Waals surface area contributed by atoms with E-state index in [9.17, 15) is 14.7 Å². The minimum Gasteiger partial charge on any atom is -0.507 e. The fourth-order valence-corrected chi connectivity index (χ4v) is 5.72. The molecule has 1 aromatic heterocycles. The van der Waals surface area contributed by atoms with Crippen molar-refractivity contribution in [2.45, 2.75) is 13.0 Å².